The van der Waals surface area contributed by atoms with E-state index >= 15 is 0 Å². The molecule has 2 aromatic rings. The van der Waals surface area contributed by atoms with Gasteiger partial charge in [-0.05, 0) is 61.4 Å². The highest BCUT2D eigenvalue weighted by molar-refractivity contribution is 6.04. The Balaban J connectivity index is 1.86. The third-order valence-electron chi connectivity index (χ3n) is 3.96. The molecule has 2 aromatic carbocycles. The molecule has 1 amide bonds. The number of amides is 1. The molecule has 4 nitrogen and oxygen atoms in total. The number of ether oxygens (including phenoxy) is 2. The lowest BCUT2D eigenvalue weighted by atomic mass is 10.2. The maximum Gasteiger partial charge on any atom is 0.255 e. The predicted octanol–water partition coefficient (Wildman–Crippen LogP) is 5.85. The molecule has 0 atom stereocenters. The van der Waals surface area contributed by atoms with Crippen LogP contribution in [0, 0.1) is 0 Å². The fourth-order valence-electron chi connectivity index (χ4n) is 2.49. The van der Waals surface area contributed by atoms with E-state index in [-0.39, 0.29) is 5.91 Å². The van der Waals surface area contributed by atoms with Crippen LogP contribution in [0.3, 0.4) is 0 Å². The number of nitrogens with one attached hydrogen (secondary N) is 1. The van der Waals surface area contributed by atoms with E-state index in [1.807, 2.05) is 37.3 Å². The van der Waals surface area contributed by atoms with Gasteiger partial charge >= 0.3 is 0 Å². The zero-order chi connectivity index (χ0) is 19.5. The molecule has 0 spiro atoms. The SMILES string of the molecule is C=C(C)COc1cccc(C(=O)Nc2ccc(OCCCCCC)cc2)c1. The molecule has 4 heteroatoms. The van der Waals surface area contributed by atoms with Crippen LogP contribution in [0.4, 0.5) is 5.69 Å². The molecule has 2 rings (SSSR count). The second-order valence-electron chi connectivity index (χ2n) is 6.66. The molecule has 0 aromatic heterocycles. The summed E-state index contributed by atoms with van der Waals surface area (Å²) in [5, 5.41) is 2.89. The molecule has 0 aliphatic heterocycles. The highest BCUT2D eigenvalue weighted by atomic mass is 16.5. The van der Waals surface area contributed by atoms with Gasteiger partial charge in [0.15, 0.2) is 0 Å². The number of hydrogen-bond donors (Lipinski definition) is 1. The van der Waals surface area contributed by atoms with Gasteiger partial charge < -0.3 is 14.8 Å². The number of carbonyl (C=O) groups excluding carboxylic acids is 1. The summed E-state index contributed by atoms with van der Waals surface area (Å²) < 4.78 is 11.3. The van der Waals surface area contributed by atoms with E-state index in [4.69, 9.17) is 9.47 Å². The molecule has 0 radical (unpaired) electrons. The second kappa shape index (κ2) is 11.1. The number of unbranched alkanes of at least 4 members (excludes halogenated alkanes) is 3. The van der Waals surface area contributed by atoms with E-state index in [1.165, 1.54) is 19.3 Å². The van der Waals surface area contributed by atoms with Gasteiger partial charge in [0.25, 0.3) is 5.91 Å². The fraction of sp³-hybridized carbons (Fsp3) is 0.348. The molecule has 0 unspecified atom stereocenters. The average Bonchev–Trinajstić information content (AvgIpc) is 2.67. The van der Waals surface area contributed by atoms with Crippen LogP contribution in [0.25, 0.3) is 0 Å². The second-order valence-corrected chi connectivity index (χ2v) is 6.66. The van der Waals surface area contributed by atoms with Crippen molar-refractivity contribution < 1.29 is 14.3 Å². The first kappa shape index (κ1) is 20.6. The number of carbonyl (C=O) groups is 1. The first-order valence-corrected chi connectivity index (χ1v) is 9.50. The Morgan fingerprint density at radius 2 is 1.78 bits per heavy atom. The maximum absolute atomic E-state index is 12.4. The van der Waals surface area contributed by atoms with Gasteiger partial charge in [0.2, 0.25) is 0 Å². The molecule has 27 heavy (non-hydrogen) atoms. The van der Waals surface area contributed by atoms with Gasteiger partial charge in [0, 0.05) is 11.3 Å². The molecular formula is C23H29NO3. The van der Waals surface area contributed by atoms with E-state index in [0.717, 1.165) is 30.0 Å². The summed E-state index contributed by atoms with van der Waals surface area (Å²) in [6.45, 7) is 9.06. The topological polar surface area (TPSA) is 47.6 Å². The summed E-state index contributed by atoms with van der Waals surface area (Å²) >= 11 is 0. The van der Waals surface area contributed by atoms with Crippen LogP contribution in [0.2, 0.25) is 0 Å². The van der Waals surface area contributed by atoms with Crippen LogP contribution in [0.15, 0.2) is 60.7 Å². The number of anilines is 1. The summed E-state index contributed by atoms with van der Waals surface area (Å²) in [6, 6.07) is 14.6. The summed E-state index contributed by atoms with van der Waals surface area (Å²) in [4.78, 5) is 12.4. The molecule has 0 bridgehead atoms. The molecule has 0 saturated heterocycles. The van der Waals surface area contributed by atoms with Crippen LogP contribution < -0.4 is 14.8 Å². The molecule has 0 fully saturated rings. The third kappa shape index (κ3) is 7.57. The maximum atomic E-state index is 12.4. The lowest BCUT2D eigenvalue weighted by molar-refractivity contribution is 0.102. The summed E-state index contributed by atoms with van der Waals surface area (Å²) in [6.07, 6.45) is 4.72. The highest BCUT2D eigenvalue weighted by Gasteiger charge is 2.08. The van der Waals surface area contributed by atoms with Crippen molar-refractivity contribution in [3.05, 3.63) is 66.2 Å². The minimum absolute atomic E-state index is 0.177. The van der Waals surface area contributed by atoms with E-state index in [0.29, 0.717) is 17.9 Å². The van der Waals surface area contributed by atoms with Gasteiger partial charge in [-0.15, -0.1) is 0 Å². The third-order valence-corrected chi connectivity index (χ3v) is 3.96. The van der Waals surface area contributed by atoms with Crippen LogP contribution in [-0.2, 0) is 0 Å². The van der Waals surface area contributed by atoms with E-state index in [1.54, 1.807) is 18.2 Å². The normalized spacial score (nSPS) is 10.3. The quantitative estimate of drug-likeness (QED) is 0.400. The Kier molecular flexibility index (Phi) is 8.43. The minimum Gasteiger partial charge on any atom is -0.494 e. The zero-order valence-corrected chi connectivity index (χ0v) is 16.3. The summed E-state index contributed by atoms with van der Waals surface area (Å²) in [5.74, 6) is 1.29. The van der Waals surface area contributed by atoms with Gasteiger partial charge in [-0.25, -0.2) is 0 Å². The summed E-state index contributed by atoms with van der Waals surface area (Å²) in [7, 11) is 0. The Hall–Kier alpha value is -2.75. The van der Waals surface area contributed by atoms with Crippen molar-refractivity contribution in [3.63, 3.8) is 0 Å². The number of rotatable bonds is 11. The zero-order valence-electron chi connectivity index (χ0n) is 16.3. The van der Waals surface area contributed by atoms with Crippen LogP contribution in [0.1, 0.15) is 49.9 Å². The van der Waals surface area contributed by atoms with Crippen molar-refractivity contribution in [2.75, 3.05) is 18.5 Å². The average molecular weight is 367 g/mol. The van der Waals surface area contributed by atoms with Crippen molar-refractivity contribution in [1.29, 1.82) is 0 Å². The van der Waals surface area contributed by atoms with Gasteiger partial charge in [0.05, 0.1) is 6.61 Å². The van der Waals surface area contributed by atoms with Gasteiger partial charge in [-0.3, -0.25) is 4.79 Å². The number of hydrogen-bond acceptors (Lipinski definition) is 3. The van der Waals surface area contributed by atoms with Crippen LogP contribution in [-0.4, -0.2) is 19.1 Å². The largest absolute Gasteiger partial charge is 0.494 e. The summed E-state index contributed by atoms with van der Waals surface area (Å²) in [5.41, 5.74) is 2.20. The van der Waals surface area contributed by atoms with Gasteiger partial charge in [-0.2, -0.15) is 0 Å². The Bertz CT molecular complexity index is 738. The molecular weight excluding hydrogens is 338 g/mol. The molecule has 0 saturated carbocycles. The van der Waals surface area contributed by atoms with Crippen molar-refractivity contribution >= 4 is 11.6 Å². The monoisotopic (exact) mass is 367 g/mol. The standard InChI is InChI=1S/C23H29NO3/c1-4-5-6-7-15-26-21-13-11-20(12-14-21)24-23(25)19-9-8-10-22(16-19)27-17-18(2)3/h8-14,16H,2,4-7,15,17H2,1,3H3,(H,24,25). The Labute approximate surface area is 162 Å². The lowest BCUT2D eigenvalue weighted by Gasteiger charge is -2.10. The molecule has 144 valence electrons. The van der Waals surface area contributed by atoms with E-state index in [9.17, 15) is 4.79 Å². The van der Waals surface area contributed by atoms with Crippen LogP contribution >= 0.6 is 0 Å². The highest BCUT2D eigenvalue weighted by Crippen LogP contribution is 2.19. The first-order valence-electron chi connectivity index (χ1n) is 9.50. The fourth-order valence-corrected chi connectivity index (χ4v) is 2.49. The van der Waals surface area contributed by atoms with Crippen molar-refractivity contribution in [2.24, 2.45) is 0 Å². The van der Waals surface area contributed by atoms with Crippen molar-refractivity contribution in [3.8, 4) is 11.5 Å². The van der Waals surface area contributed by atoms with Gasteiger partial charge in [0.1, 0.15) is 18.1 Å². The van der Waals surface area contributed by atoms with Crippen molar-refractivity contribution in [2.45, 2.75) is 39.5 Å². The molecule has 1 N–H and O–H groups in total. The smallest absolute Gasteiger partial charge is 0.255 e. The first-order chi connectivity index (χ1) is 13.1. The van der Waals surface area contributed by atoms with E-state index < -0.39 is 0 Å². The predicted molar refractivity (Wildman–Crippen MR) is 111 cm³/mol. The van der Waals surface area contributed by atoms with Gasteiger partial charge in [-0.1, -0.05) is 38.8 Å². The van der Waals surface area contributed by atoms with Crippen LogP contribution in [0.5, 0.6) is 11.5 Å². The lowest BCUT2D eigenvalue weighted by Crippen LogP contribution is -2.12. The Morgan fingerprint density at radius 3 is 2.48 bits per heavy atom. The minimum atomic E-state index is -0.177. The molecule has 0 aliphatic carbocycles. The Morgan fingerprint density at radius 1 is 1.00 bits per heavy atom. The number of benzene rings is 2. The van der Waals surface area contributed by atoms with Crippen molar-refractivity contribution in [1.82, 2.24) is 0 Å². The molecule has 0 heterocycles. The molecule has 0 aliphatic rings. The van der Waals surface area contributed by atoms with E-state index in [2.05, 4.69) is 18.8 Å².